The highest BCUT2D eigenvalue weighted by molar-refractivity contribution is 5.18. The second kappa shape index (κ2) is 10.1. The lowest BCUT2D eigenvalue weighted by molar-refractivity contribution is 0.162. The molecule has 1 N–H and O–H groups in total. The predicted molar refractivity (Wildman–Crippen MR) is 76.0 cm³/mol. The molecule has 2 rings (SSSR count). The molecular formula is C16H27FO. The first-order valence-corrected chi connectivity index (χ1v) is 7.19. The summed E-state index contributed by atoms with van der Waals surface area (Å²) in [5.74, 6) is 0.591. The minimum absolute atomic E-state index is 0.247. The molecule has 2 heteroatoms. The van der Waals surface area contributed by atoms with Crippen LogP contribution in [0.1, 0.15) is 65.0 Å². The molecule has 18 heavy (non-hydrogen) atoms. The molecule has 0 radical (unpaired) electrons. The van der Waals surface area contributed by atoms with E-state index in [2.05, 4.69) is 0 Å². The monoisotopic (exact) mass is 254 g/mol. The van der Waals surface area contributed by atoms with Crippen LogP contribution < -0.4 is 0 Å². The van der Waals surface area contributed by atoms with Crippen LogP contribution in [0.3, 0.4) is 0 Å². The number of hydrogen-bond acceptors (Lipinski definition) is 1. The molecule has 1 aromatic carbocycles. The van der Waals surface area contributed by atoms with Gasteiger partial charge in [-0.1, -0.05) is 52.7 Å². The van der Waals surface area contributed by atoms with E-state index in [0.717, 1.165) is 24.3 Å². The minimum atomic E-state index is -0.420. The Morgan fingerprint density at radius 2 is 1.61 bits per heavy atom. The highest BCUT2D eigenvalue weighted by atomic mass is 19.1. The molecule has 0 spiro atoms. The van der Waals surface area contributed by atoms with Crippen LogP contribution in [0.15, 0.2) is 24.3 Å². The Morgan fingerprint density at radius 3 is 2.06 bits per heavy atom. The van der Waals surface area contributed by atoms with Crippen LogP contribution in [0.2, 0.25) is 0 Å². The minimum Gasteiger partial charge on any atom is -0.388 e. The van der Waals surface area contributed by atoms with Crippen LogP contribution in [0, 0.1) is 11.7 Å². The summed E-state index contributed by atoms with van der Waals surface area (Å²) in [6, 6.07) is 6.12. The van der Waals surface area contributed by atoms with Gasteiger partial charge in [-0.05, 0) is 36.5 Å². The second-order valence-electron chi connectivity index (χ2n) is 4.09. The van der Waals surface area contributed by atoms with Gasteiger partial charge >= 0.3 is 0 Å². The smallest absolute Gasteiger partial charge is 0.123 e. The van der Waals surface area contributed by atoms with Crippen molar-refractivity contribution in [3.63, 3.8) is 0 Å². The lowest BCUT2D eigenvalue weighted by Gasteiger charge is -2.09. The van der Waals surface area contributed by atoms with Crippen molar-refractivity contribution in [1.82, 2.24) is 0 Å². The van der Waals surface area contributed by atoms with E-state index in [9.17, 15) is 9.50 Å². The van der Waals surface area contributed by atoms with Crippen molar-refractivity contribution in [2.75, 3.05) is 0 Å². The number of aliphatic hydroxyl groups is 1. The van der Waals surface area contributed by atoms with Crippen molar-refractivity contribution < 1.29 is 9.50 Å². The fourth-order valence-electron chi connectivity index (χ4n) is 1.65. The summed E-state index contributed by atoms with van der Waals surface area (Å²) in [4.78, 5) is 0. The van der Waals surface area contributed by atoms with E-state index >= 15 is 0 Å². The molecule has 104 valence electrons. The number of benzene rings is 1. The first kappa shape index (κ1) is 17.1. The molecule has 0 saturated heterocycles. The molecule has 1 fully saturated rings. The molecular weight excluding hydrogens is 227 g/mol. The molecule has 0 heterocycles. The summed E-state index contributed by atoms with van der Waals surface area (Å²) in [5.41, 5.74) is 0.826. The van der Waals surface area contributed by atoms with E-state index in [1.54, 1.807) is 12.1 Å². The first-order chi connectivity index (χ1) is 8.75. The summed E-state index contributed by atoms with van der Waals surface area (Å²) >= 11 is 0. The van der Waals surface area contributed by atoms with E-state index in [1.165, 1.54) is 25.0 Å². The highest BCUT2D eigenvalue weighted by Crippen LogP contribution is 2.35. The van der Waals surface area contributed by atoms with Gasteiger partial charge in [0, 0.05) is 0 Å². The van der Waals surface area contributed by atoms with Crippen molar-refractivity contribution in [1.29, 1.82) is 0 Å². The Morgan fingerprint density at radius 1 is 1.11 bits per heavy atom. The van der Waals surface area contributed by atoms with E-state index < -0.39 is 6.10 Å². The van der Waals surface area contributed by atoms with Crippen molar-refractivity contribution in [2.24, 2.45) is 5.92 Å². The molecule has 1 aliphatic carbocycles. The van der Waals surface area contributed by atoms with Crippen LogP contribution in [0.5, 0.6) is 0 Å². The van der Waals surface area contributed by atoms with Gasteiger partial charge in [-0.15, -0.1) is 0 Å². The molecule has 1 nitrogen and oxygen atoms in total. The molecule has 0 aromatic heterocycles. The van der Waals surface area contributed by atoms with Gasteiger partial charge in [-0.25, -0.2) is 4.39 Å². The van der Waals surface area contributed by atoms with Gasteiger partial charge < -0.3 is 5.11 Å². The zero-order valence-electron chi connectivity index (χ0n) is 12.1. The molecule has 1 atom stereocenters. The normalized spacial score (nSPS) is 14.8. The summed E-state index contributed by atoms with van der Waals surface area (Å²) in [7, 11) is 0. The lowest BCUT2D eigenvalue weighted by Crippen LogP contribution is -1.97. The van der Waals surface area contributed by atoms with Crippen molar-refractivity contribution in [3.05, 3.63) is 35.6 Å². The summed E-state index contributed by atoms with van der Waals surface area (Å²) in [6.07, 6.45) is 4.11. The molecule has 1 aliphatic rings. The Balaban J connectivity index is 0.000000659. The van der Waals surface area contributed by atoms with Crippen LogP contribution >= 0.6 is 0 Å². The number of rotatable bonds is 4. The third-order valence-corrected chi connectivity index (χ3v) is 2.80. The van der Waals surface area contributed by atoms with Gasteiger partial charge in [0.1, 0.15) is 5.82 Å². The number of aliphatic hydroxyl groups excluding tert-OH is 1. The summed E-state index contributed by atoms with van der Waals surface area (Å²) in [6.45, 7) is 8.00. The maximum absolute atomic E-state index is 12.6. The maximum Gasteiger partial charge on any atom is 0.123 e. The van der Waals surface area contributed by atoms with Crippen LogP contribution in [0.4, 0.5) is 4.39 Å². The summed E-state index contributed by atoms with van der Waals surface area (Å²) < 4.78 is 12.6. The maximum atomic E-state index is 12.6. The number of hydrogen-bond donors (Lipinski definition) is 1. The van der Waals surface area contributed by atoms with Gasteiger partial charge in [0.15, 0.2) is 0 Å². The Labute approximate surface area is 111 Å². The zero-order valence-corrected chi connectivity index (χ0v) is 12.1. The third-order valence-electron chi connectivity index (χ3n) is 2.80. The summed E-state index contributed by atoms with van der Waals surface area (Å²) in [5, 5.41) is 9.77. The van der Waals surface area contributed by atoms with Gasteiger partial charge in [0.05, 0.1) is 6.10 Å². The van der Waals surface area contributed by atoms with E-state index in [4.69, 9.17) is 0 Å². The van der Waals surface area contributed by atoms with E-state index in [-0.39, 0.29) is 5.82 Å². The van der Waals surface area contributed by atoms with Crippen molar-refractivity contribution in [2.45, 2.75) is 59.5 Å². The van der Waals surface area contributed by atoms with Crippen LogP contribution in [-0.4, -0.2) is 5.11 Å². The predicted octanol–water partition coefficient (Wildman–Crippen LogP) is 5.10. The fraction of sp³-hybridized carbons (Fsp3) is 0.625. The van der Waals surface area contributed by atoms with Gasteiger partial charge in [-0.3, -0.25) is 0 Å². The first-order valence-electron chi connectivity index (χ1n) is 7.19. The quantitative estimate of drug-likeness (QED) is 0.792. The molecule has 1 saturated carbocycles. The molecule has 0 aliphatic heterocycles. The van der Waals surface area contributed by atoms with Crippen molar-refractivity contribution in [3.8, 4) is 0 Å². The SMILES string of the molecule is CC.CC.OC(CCC1CC1)c1ccc(F)cc1. The lowest BCUT2D eigenvalue weighted by atomic mass is 10.0. The highest BCUT2D eigenvalue weighted by Gasteiger charge is 2.22. The van der Waals surface area contributed by atoms with Crippen LogP contribution in [0.25, 0.3) is 0 Å². The zero-order chi connectivity index (χ0) is 14.0. The van der Waals surface area contributed by atoms with E-state index in [0.29, 0.717) is 0 Å². The molecule has 1 unspecified atom stereocenters. The van der Waals surface area contributed by atoms with Crippen LogP contribution in [-0.2, 0) is 0 Å². The van der Waals surface area contributed by atoms with Crippen molar-refractivity contribution >= 4 is 0 Å². The Bertz CT molecular complexity index is 290. The number of halogens is 1. The fourth-order valence-corrected chi connectivity index (χ4v) is 1.65. The van der Waals surface area contributed by atoms with Gasteiger partial charge in [0.2, 0.25) is 0 Å². The standard InChI is InChI=1S/C12H15FO.2C2H6/c13-11-6-4-10(5-7-11)12(14)8-3-9-1-2-9;2*1-2/h4-7,9,12,14H,1-3,8H2;2*1-2H3. The molecule has 0 bridgehead atoms. The average Bonchev–Trinajstić information content (AvgIpc) is 3.25. The van der Waals surface area contributed by atoms with Gasteiger partial charge in [0.25, 0.3) is 0 Å². The average molecular weight is 254 g/mol. The Hall–Kier alpha value is -0.890. The largest absolute Gasteiger partial charge is 0.388 e. The Kier molecular flexibility index (Phi) is 9.57. The topological polar surface area (TPSA) is 20.2 Å². The second-order valence-corrected chi connectivity index (χ2v) is 4.09. The molecule has 1 aromatic rings. The van der Waals surface area contributed by atoms with E-state index in [1.807, 2.05) is 27.7 Å². The molecule has 0 amide bonds. The third kappa shape index (κ3) is 6.75. The van der Waals surface area contributed by atoms with Gasteiger partial charge in [-0.2, -0.15) is 0 Å².